The Morgan fingerprint density at radius 2 is 2.04 bits per heavy atom. The second kappa shape index (κ2) is 8.54. The Labute approximate surface area is 149 Å². The van der Waals surface area contributed by atoms with E-state index < -0.39 is 6.10 Å². The van der Waals surface area contributed by atoms with Crippen molar-refractivity contribution in [3.05, 3.63) is 24.3 Å². The van der Waals surface area contributed by atoms with Crippen molar-refractivity contribution < 1.29 is 19.4 Å². The molecule has 25 heavy (non-hydrogen) atoms. The molecule has 2 atom stereocenters. The van der Waals surface area contributed by atoms with Crippen LogP contribution in [0.4, 0.5) is 5.69 Å². The summed E-state index contributed by atoms with van der Waals surface area (Å²) in [6, 6.07) is 7.32. The highest BCUT2D eigenvalue weighted by Gasteiger charge is 2.27. The minimum Gasteiger partial charge on any atom is -0.506 e. The normalized spacial score (nSPS) is 22.7. The molecule has 1 aromatic carbocycles. The van der Waals surface area contributed by atoms with Crippen LogP contribution in [0, 0.1) is 0 Å². The molecule has 0 spiro atoms. The summed E-state index contributed by atoms with van der Waals surface area (Å²) in [5, 5.41) is 9.97. The lowest BCUT2D eigenvalue weighted by Crippen LogP contribution is -2.51. The van der Waals surface area contributed by atoms with Gasteiger partial charge in [-0.3, -0.25) is 4.79 Å². The Morgan fingerprint density at radius 3 is 2.72 bits per heavy atom. The van der Waals surface area contributed by atoms with Crippen LogP contribution in [0.1, 0.15) is 26.2 Å². The zero-order valence-electron chi connectivity index (χ0n) is 14.9. The Balaban J connectivity index is 1.45. The number of hydrogen-bond donors (Lipinski definition) is 1. The van der Waals surface area contributed by atoms with Crippen molar-refractivity contribution in [1.29, 1.82) is 0 Å². The van der Waals surface area contributed by atoms with Gasteiger partial charge in [-0.05, 0) is 38.3 Å². The van der Waals surface area contributed by atoms with Crippen LogP contribution in [-0.2, 0) is 14.3 Å². The zero-order valence-corrected chi connectivity index (χ0v) is 14.9. The Kier molecular flexibility index (Phi) is 6.15. The molecule has 1 amide bonds. The second-order valence-electron chi connectivity index (χ2n) is 6.77. The summed E-state index contributed by atoms with van der Waals surface area (Å²) in [5.41, 5.74) is 0.827. The number of phenolic OH excluding ortho intramolecular Hbond substituents is 1. The number of carbonyl (C=O) groups excluding carboxylic acids is 1. The van der Waals surface area contributed by atoms with Crippen LogP contribution >= 0.6 is 0 Å². The molecular formula is C19H28N2O4. The topological polar surface area (TPSA) is 62.2 Å². The third-order valence-corrected chi connectivity index (χ3v) is 4.97. The molecule has 0 aliphatic carbocycles. The number of nitrogens with zero attached hydrogens (tertiary/aromatic N) is 2. The lowest BCUT2D eigenvalue weighted by atomic mass is 10.1. The SMILES string of the molecule is CC(OCC1CCCCO1)C(=O)N1CCN(c2ccccc2O)CC1. The van der Waals surface area contributed by atoms with Crippen LogP contribution in [0.5, 0.6) is 5.75 Å². The molecule has 6 heteroatoms. The first kappa shape index (κ1) is 18.0. The van der Waals surface area contributed by atoms with Crippen molar-refractivity contribution in [3.8, 4) is 5.75 Å². The molecule has 0 aromatic heterocycles. The van der Waals surface area contributed by atoms with Crippen molar-refractivity contribution in [1.82, 2.24) is 4.90 Å². The number of hydrogen-bond acceptors (Lipinski definition) is 5. The third kappa shape index (κ3) is 4.64. The van der Waals surface area contributed by atoms with Crippen LogP contribution in [-0.4, -0.2) is 67.5 Å². The van der Waals surface area contributed by atoms with Gasteiger partial charge < -0.3 is 24.4 Å². The lowest BCUT2D eigenvalue weighted by molar-refractivity contribution is -0.146. The van der Waals surface area contributed by atoms with Gasteiger partial charge in [-0.2, -0.15) is 0 Å². The summed E-state index contributed by atoms with van der Waals surface area (Å²) in [6.45, 7) is 5.81. The van der Waals surface area contributed by atoms with Gasteiger partial charge >= 0.3 is 0 Å². The maximum atomic E-state index is 12.6. The average Bonchev–Trinajstić information content (AvgIpc) is 2.67. The standard InChI is InChI=1S/C19H28N2O4/c1-15(25-14-16-6-4-5-13-24-16)19(23)21-11-9-20(10-12-21)17-7-2-3-8-18(17)22/h2-3,7-8,15-16,22H,4-6,9-14H2,1H3. The number of piperazine rings is 1. The van der Waals surface area contributed by atoms with Gasteiger partial charge in [-0.25, -0.2) is 0 Å². The minimum absolute atomic E-state index is 0.0349. The van der Waals surface area contributed by atoms with E-state index in [1.807, 2.05) is 30.0 Å². The van der Waals surface area contributed by atoms with Gasteiger partial charge in [0.15, 0.2) is 0 Å². The fraction of sp³-hybridized carbons (Fsp3) is 0.632. The smallest absolute Gasteiger partial charge is 0.251 e. The second-order valence-corrected chi connectivity index (χ2v) is 6.77. The molecular weight excluding hydrogens is 320 g/mol. The molecule has 0 bridgehead atoms. The lowest BCUT2D eigenvalue weighted by Gasteiger charge is -2.37. The van der Waals surface area contributed by atoms with Crippen LogP contribution in [0.2, 0.25) is 0 Å². The van der Waals surface area contributed by atoms with Gasteiger partial charge in [-0.1, -0.05) is 12.1 Å². The Hall–Kier alpha value is -1.79. The Morgan fingerprint density at radius 1 is 1.28 bits per heavy atom. The van der Waals surface area contributed by atoms with E-state index in [-0.39, 0.29) is 17.8 Å². The fourth-order valence-electron chi connectivity index (χ4n) is 3.42. The number of anilines is 1. The quantitative estimate of drug-likeness (QED) is 0.882. The largest absolute Gasteiger partial charge is 0.506 e. The predicted molar refractivity (Wildman–Crippen MR) is 95.9 cm³/mol. The fourth-order valence-corrected chi connectivity index (χ4v) is 3.42. The van der Waals surface area contributed by atoms with E-state index in [4.69, 9.17) is 9.47 Å². The molecule has 2 aliphatic heterocycles. The van der Waals surface area contributed by atoms with Crippen LogP contribution < -0.4 is 4.90 Å². The highest BCUT2D eigenvalue weighted by atomic mass is 16.5. The van der Waals surface area contributed by atoms with Crippen molar-refractivity contribution in [2.45, 2.75) is 38.4 Å². The molecule has 2 heterocycles. The highest BCUT2D eigenvalue weighted by Crippen LogP contribution is 2.27. The number of carbonyl (C=O) groups is 1. The van der Waals surface area contributed by atoms with Gasteiger partial charge in [0.25, 0.3) is 5.91 Å². The molecule has 2 aliphatic rings. The first-order chi connectivity index (χ1) is 12.1. The first-order valence-electron chi connectivity index (χ1n) is 9.20. The molecule has 6 nitrogen and oxygen atoms in total. The van der Waals surface area contributed by atoms with E-state index >= 15 is 0 Å². The summed E-state index contributed by atoms with van der Waals surface area (Å²) in [7, 11) is 0. The predicted octanol–water partition coefficient (Wildman–Crippen LogP) is 2.01. The maximum absolute atomic E-state index is 12.6. The highest BCUT2D eigenvalue weighted by molar-refractivity contribution is 5.81. The number of para-hydroxylation sites is 2. The van der Waals surface area contributed by atoms with E-state index in [1.54, 1.807) is 6.07 Å². The molecule has 1 aromatic rings. The van der Waals surface area contributed by atoms with Gasteiger partial charge in [-0.15, -0.1) is 0 Å². The van der Waals surface area contributed by atoms with E-state index in [9.17, 15) is 9.90 Å². The van der Waals surface area contributed by atoms with E-state index in [2.05, 4.69) is 4.90 Å². The van der Waals surface area contributed by atoms with E-state index in [0.29, 0.717) is 32.8 Å². The minimum atomic E-state index is -0.442. The number of phenols is 1. The number of benzene rings is 1. The van der Waals surface area contributed by atoms with Crippen molar-refractivity contribution in [2.24, 2.45) is 0 Å². The molecule has 2 fully saturated rings. The third-order valence-electron chi connectivity index (χ3n) is 4.97. The molecule has 0 saturated carbocycles. The summed E-state index contributed by atoms with van der Waals surface area (Å²) in [5.74, 6) is 0.319. The van der Waals surface area contributed by atoms with Crippen molar-refractivity contribution in [3.63, 3.8) is 0 Å². The number of rotatable bonds is 5. The summed E-state index contributed by atoms with van der Waals surface area (Å²) < 4.78 is 11.4. The molecule has 2 unspecified atom stereocenters. The van der Waals surface area contributed by atoms with Crippen LogP contribution in [0.15, 0.2) is 24.3 Å². The molecule has 2 saturated heterocycles. The first-order valence-corrected chi connectivity index (χ1v) is 9.20. The number of ether oxygens (including phenoxy) is 2. The molecule has 3 rings (SSSR count). The summed E-state index contributed by atoms with van der Waals surface area (Å²) >= 11 is 0. The molecule has 0 radical (unpaired) electrons. The van der Waals surface area contributed by atoms with Gasteiger partial charge in [0.2, 0.25) is 0 Å². The van der Waals surface area contributed by atoms with Crippen molar-refractivity contribution in [2.75, 3.05) is 44.3 Å². The zero-order chi connectivity index (χ0) is 17.6. The van der Waals surface area contributed by atoms with E-state index in [0.717, 1.165) is 25.1 Å². The van der Waals surface area contributed by atoms with E-state index in [1.165, 1.54) is 6.42 Å². The summed E-state index contributed by atoms with van der Waals surface area (Å²) in [4.78, 5) is 16.5. The van der Waals surface area contributed by atoms with Crippen LogP contribution in [0.3, 0.4) is 0 Å². The Bertz CT molecular complexity index is 566. The average molecular weight is 348 g/mol. The monoisotopic (exact) mass is 348 g/mol. The van der Waals surface area contributed by atoms with Gasteiger partial charge in [0, 0.05) is 32.8 Å². The summed E-state index contributed by atoms with van der Waals surface area (Å²) in [6.07, 6.45) is 2.99. The van der Waals surface area contributed by atoms with Gasteiger partial charge in [0.05, 0.1) is 18.4 Å². The number of amides is 1. The van der Waals surface area contributed by atoms with Gasteiger partial charge in [0.1, 0.15) is 11.9 Å². The van der Waals surface area contributed by atoms with Crippen LogP contribution in [0.25, 0.3) is 0 Å². The molecule has 138 valence electrons. The van der Waals surface area contributed by atoms with Crippen molar-refractivity contribution >= 4 is 11.6 Å². The number of aromatic hydroxyl groups is 1. The maximum Gasteiger partial charge on any atom is 0.251 e. The molecule has 1 N–H and O–H groups in total.